The standard InChI is InChI=1S/C28H38O4Si/c1-22(14-13-19-29)26-20-23(31-28(5,6)32-26)21-30-33(27(2,3)4,24-15-9-7-10-16-24)25-17-11-8-12-18-25/h7-19,22-23,26H,20-21H2,1-6H3/b14-13+/t22-,23+,26+/m1/s1. The fourth-order valence-corrected chi connectivity index (χ4v) is 9.49. The zero-order valence-corrected chi connectivity index (χ0v) is 21.8. The first kappa shape index (κ1) is 25.6. The predicted octanol–water partition coefficient (Wildman–Crippen LogP) is 4.86. The first-order chi connectivity index (χ1) is 15.6. The average Bonchev–Trinajstić information content (AvgIpc) is 2.77. The molecule has 178 valence electrons. The summed E-state index contributed by atoms with van der Waals surface area (Å²) in [5.74, 6) is -0.611. The Bertz CT molecular complexity index is 878. The molecule has 0 N–H and O–H groups in total. The van der Waals surface area contributed by atoms with E-state index in [-0.39, 0.29) is 23.2 Å². The van der Waals surface area contributed by atoms with Gasteiger partial charge in [0, 0.05) is 12.3 Å². The van der Waals surface area contributed by atoms with Crippen molar-refractivity contribution in [3.63, 3.8) is 0 Å². The Morgan fingerprint density at radius 3 is 2.06 bits per heavy atom. The molecule has 0 amide bonds. The molecule has 0 bridgehead atoms. The van der Waals surface area contributed by atoms with Crippen LogP contribution in [-0.2, 0) is 18.7 Å². The van der Waals surface area contributed by atoms with Crippen LogP contribution >= 0.6 is 0 Å². The average molecular weight is 467 g/mol. The molecule has 3 atom stereocenters. The Balaban J connectivity index is 1.94. The van der Waals surface area contributed by atoms with E-state index >= 15 is 0 Å². The largest absolute Gasteiger partial charge is 0.405 e. The number of aldehydes is 1. The van der Waals surface area contributed by atoms with Gasteiger partial charge in [-0.1, -0.05) is 94.4 Å². The van der Waals surface area contributed by atoms with Crippen LogP contribution in [0.3, 0.4) is 0 Å². The molecule has 0 aliphatic carbocycles. The number of benzene rings is 2. The van der Waals surface area contributed by atoms with Gasteiger partial charge in [0.1, 0.15) is 6.29 Å². The Morgan fingerprint density at radius 1 is 1.03 bits per heavy atom. The maximum Gasteiger partial charge on any atom is 0.261 e. The molecule has 0 spiro atoms. The highest BCUT2D eigenvalue weighted by molar-refractivity contribution is 6.99. The Labute approximate surface area is 200 Å². The molecular formula is C28H38O4Si. The van der Waals surface area contributed by atoms with E-state index in [2.05, 4.69) is 88.4 Å². The summed E-state index contributed by atoms with van der Waals surface area (Å²) in [6, 6.07) is 21.3. The molecule has 0 radical (unpaired) electrons. The van der Waals surface area contributed by atoms with E-state index in [1.807, 2.05) is 19.9 Å². The summed E-state index contributed by atoms with van der Waals surface area (Å²) >= 11 is 0. The third-order valence-electron chi connectivity index (χ3n) is 6.36. The van der Waals surface area contributed by atoms with E-state index in [1.165, 1.54) is 10.4 Å². The third kappa shape index (κ3) is 5.90. The van der Waals surface area contributed by atoms with Crippen LogP contribution in [0.5, 0.6) is 0 Å². The summed E-state index contributed by atoms with van der Waals surface area (Å²) in [5, 5.41) is 2.43. The van der Waals surface area contributed by atoms with Crippen molar-refractivity contribution in [1.29, 1.82) is 0 Å². The third-order valence-corrected chi connectivity index (χ3v) is 11.4. The van der Waals surface area contributed by atoms with Crippen molar-refractivity contribution < 1.29 is 18.7 Å². The maximum absolute atomic E-state index is 10.8. The zero-order chi connectivity index (χ0) is 24.1. The lowest BCUT2D eigenvalue weighted by atomic mass is 9.96. The van der Waals surface area contributed by atoms with Crippen molar-refractivity contribution in [2.75, 3.05) is 6.61 Å². The van der Waals surface area contributed by atoms with Crippen LogP contribution in [0.1, 0.15) is 48.0 Å². The van der Waals surface area contributed by atoms with E-state index in [1.54, 1.807) is 6.08 Å². The molecule has 5 heteroatoms. The van der Waals surface area contributed by atoms with E-state index in [0.717, 1.165) is 6.29 Å². The summed E-state index contributed by atoms with van der Waals surface area (Å²) in [6.07, 6.45) is 4.82. The van der Waals surface area contributed by atoms with Crippen molar-refractivity contribution in [3.05, 3.63) is 72.8 Å². The molecule has 1 heterocycles. The highest BCUT2D eigenvalue weighted by Crippen LogP contribution is 2.38. The van der Waals surface area contributed by atoms with Gasteiger partial charge in [-0.15, -0.1) is 0 Å². The minimum atomic E-state index is -2.63. The van der Waals surface area contributed by atoms with Gasteiger partial charge in [0.25, 0.3) is 8.32 Å². The minimum Gasteiger partial charge on any atom is -0.405 e. The minimum absolute atomic E-state index is 0.0438. The van der Waals surface area contributed by atoms with Crippen LogP contribution in [0.2, 0.25) is 5.04 Å². The molecule has 1 aliphatic heterocycles. The van der Waals surface area contributed by atoms with E-state index in [4.69, 9.17) is 13.9 Å². The number of rotatable bonds is 8. The van der Waals surface area contributed by atoms with Gasteiger partial charge >= 0.3 is 0 Å². The number of carbonyl (C=O) groups excluding carboxylic acids is 1. The number of ether oxygens (including phenoxy) is 2. The van der Waals surface area contributed by atoms with Crippen molar-refractivity contribution >= 4 is 25.0 Å². The van der Waals surface area contributed by atoms with Gasteiger partial charge < -0.3 is 13.9 Å². The molecule has 0 aromatic heterocycles. The molecule has 1 fully saturated rings. The number of hydrogen-bond donors (Lipinski definition) is 0. The molecule has 2 aromatic carbocycles. The zero-order valence-electron chi connectivity index (χ0n) is 20.8. The Kier molecular flexibility index (Phi) is 8.11. The Hall–Kier alpha value is -2.05. The lowest BCUT2D eigenvalue weighted by molar-refractivity contribution is -0.308. The van der Waals surface area contributed by atoms with Gasteiger partial charge in [0.2, 0.25) is 0 Å². The van der Waals surface area contributed by atoms with E-state index in [0.29, 0.717) is 13.0 Å². The first-order valence-electron chi connectivity index (χ1n) is 11.8. The van der Waals surface area contributed by atoms with Crippen LogP contribution in [0, 0.1) is 5.92 Å². The van der Waals surface area contributed by atoms with E-state index in [9.17, 15) is 4.79 Å². The number of allylic oxidation sites excluding steroid dienone is 1. The molecule has 1 saturated heterocycles. The monoisotopic (exact) mass is 466 g/mol. The quantitative estimate of drug-likeness (QED) is 0.316. The fourth-order valence-electron chi connectivity index (χ4n) is 4.90. The SMILES string of the molecule is C[C@H](/C=C/C=O)[C@@H]1C[C@@H](CO[Si](c2ccccc2)(c2ccccc2)C(C)(C)C)OC(C)(C)O1. The molecule has 2 aromatic rings. The molecule has 1 aliphatic rings. The molecule has 4 nitrogen and oxygen atoms in total. The summed E-state index contributed by atoms with van der Waals surface area (Å²) in [4.78, 5) is 10.8. The summed E-state index contributed by atoms with van der Waals surface area (Å²) < 4.78 is 19.6. The van der Waals surface area contributed by atoms with Crippen molar-refractivity contribution in [3.8, 4) is 0 Å². The highest BCUT2D eigenvalue weighted by Gasteiger charge is 2.51. The molecule has 0 unspecified atom stereocenters. The number of hydrogen-bond acceptors (Lipinski definition) is 4. The second-order valence-electron chi connectivity index (χ2n) is 10.4. The summed E-state index contributed by atoms with van der Waals surface area (Å²) in [5.41, 5.74) is 0. The van der Waals surface area contributed by atoms with Crippen molar-refractivity contribution in [2.24, 2.45) is 5.92 Å². The molecule has 0 saturated carbocycles. The van der Waals surface area contributed by atoms with Gasteiger partial charge in [0.05, 0.1) is 18.8 Å². The van der Waals surface area contributed by atoms with E-state index < -0.39 is 14.1 Å². The van der Waals surface area contributed by atoms with Crippen molar-refractivity contribution in [1.82, 2.24) is 0 Å². The normalized spacial score (nSPS) is 22.2. The van der Waals surface area contributed by atoms with Gasteiger partial charge in [-0.3, -0.25) is 4.79 Å². The van der Waals surface area contributed by atoms with Crippen molar-refractivity contribution in [2.45, 2.75) is 71.0 Å². The van der Waals surface area contributed by atoms with Gasteiger partial charge in [-0.25, -0.2) is 0 Å². The number of carbonyl (C=O) groups is 1. The molecule has 3 rings (SSSR count). The maximum atomic E-state index is 10.8. The predicted molar refractivity (Wildman–Crippen MR) is 136 cm³/mol. The molecular weight excluding hydrogens is 428 g/mol. The fraction of sp³-hybridized carbons (Fsp3) is 0.464. The second-order valence-corrected chi connectivity index (χ2v) is 14.7. The smallest absolute Gasteiger partial charge is 0.261 e. The summed E-state index contributed by atoms with van der Waals surface area (Å²) in [6.45, 7) is 13.3. The lowest BCUT2D eigenvalue weighted by Gasteiger charge is -2.46. The van der Waals surface area contributed by atoms with Crippen LogP contribution in [0.25, 0.3) is 0 Å². The topological polar surface area (TPSA) is 44.8 Å². The first-order valence-corrected chi connectivity index (χ1v) is 13.7. The van der Waals surface area contributed by atoms with Crippen LogP contribution in [0.4, 0.5) is 0 Å². The summed E-state index contributed by atoms with van der Waals surface area (Å²) in [7, 11) is -2.63. The van der Waals surface area contributed by atoms with Crippen LogP contribution in [-0.4, -0.2) is 39.2 Å². The van der Waals surface area contributed by atoms with Gasteiger partial charge in [-0.2, -0.15) is 0 Å². The Morgan fingerprint density at radius 2 is 1.58 bits per heavy atom. The highest BCUT2D eigenvalue weighted by atomic mass is 28.4. The van der Waals surface area contributed by atoms with Gasteiger partial charge in [0.15, 0.2) is 5.79 Å². The molecule has 33 heavy (non-hydrogen) atoms. The van der Waals surface area contributed by atoms with Gasteiger partial charge in [-0.05, 0) is 35.3 Å². The van der Waals surface area contributed by atoms with Crippen LogP contribution < -0.4 is 10.4 Å². The van der Waals surface area contributed by atoms with Crippen LogP contribution in [0.15, 0.2) is 72.8 Å². The lowest BCUT2D eigenvalue weighted by Crippen LogP contribution is -2.67. The second kappa shape index (κ2) is 10.5.